The molecule has 1 fully saturated rings. The number of benzene rings is 1. The largest absolute Gasteiger partial charge is 0.444 e. The van der Waals surface area contributed by atoms with Crippen molar-refractivity contribution in [2.24, 2.45) is 5.73 Å². The quantitative estimate of drug-likeness (QED) is 0.929. The number of carbonyl (C=O) groups is 1. The lowest BCUT2D eigenvalue weighted by molar-refractivity contribution is 0.00353. The van der Waals surface area contributed by atoms with E-state index in [1.165, 1.54) is 5.56 Å². The van der Waals surface area contributed by atoms with Crippen LogP contribution in [0.3, 0.4) is 0 Å². The first-order valence-electron chi connectivity index (χ1n) is 7.85. The fraction of sp³-hybridized carbons (Fsp3) is 0.588. The van der Waals surface area contributed by atoms with Gasteiger partial charge in [-0.3, -0.25) is 4.90 Å². The zero-order chi connectivity index (χ0) is 16.2. The summed E-state index contributed by atoms with van der Waals surface area (Å²) in [6, 6.07) is 10.5. The zero-order valence-electron chi connectivity index (χ0n) is 13.8. The van der Waals surface area contributed by atoms with Gasteiger partial charge in [0.2, 0.25) is 0 Å². The van der Waals surface area contributed by atoms with Crippen molar-refractivity contribution < 1.29 is 9.53 Å². The summed E-state index contributed by atoms with van der Waals surface area (Å²) in [6.07, 6.45) is -0.245. The number of hydrogen-bond acceptors (Lipinski definition) is 4. The molecule has 1 heterocycles. The molecule has 0 aliphatic carbocycles. The van der Waals surface area contributed by atoms with Crippen molar-refractivity contribution in [3.63, 3.8) is 0 Å². The second kappa shape index (κ2) is 7.11. The molecule has 122 valence electrons. The molecule has 1 aromatic rings. The Hall–Kier alpha value is -1.59. The van der Waals surface area contributed by atoms with Gasteiger partial charge in [-0.05, 0) is 26.3 Å². The van der Waals surface area contributed by atoms with Crippen LogP contribution in [0.2, 0.25) is 0 Å². The molecular formula is C17H27N3O2. The average molecular weight is 305 g/mol. The Kier molecular flexibility index (Phi) is 5.42. The highest BCUT2D eigenvalue weighted by Crippen LogP contribution is 2.16. The predicted molar refractivity (Wildman–Crippen MR) is 87.5 cm³/mol. The number of nitrogens with two attached hydrogens (primary N) is 1. The Labute approximate surface area is 133 Å². The van der Waals surface area contributed by atoms with E-state index in [1.54, 1.807) is 4.90 Å². The minimum absolute atomic E-state index is 0.168. The Morgan fingerprint density at radius 1 is 1.27 bits per heavy atom. The van der Waals surface area contributed by atoms with Gasteiger partial charge in [0, 0.05) is 38.8 Å². The van der Waals surface area contributed by atoms with Crippen molar-refractivity contribution in [1.29, 1.82) is 0 Å². The molecule has 0 spiro atoms. The summed E-state index contributed by atoms with van der Waals surface area (Å²) in [6.45, 7) is 9.17. The zero-order valence-corrected chi connectivity index (χ0v) is 13.8. The van der Waals surface area contributed by atoms with Gasteiger partial charge in [-0.15, -0.1) is 0 Å². The SMILES string of the molecule is CC(C)(C)OC(=O)N1CCN(Cc2ccccc2)C(CN)C1. The van der Waals surface area contributed by atoms with Gasteiger partial charge in [0.15, 0.2) is 0 Å². The Morgan fingerprint density at radius 3 is 2.55 bits per heavy atom. The Balaban J connectivity index is 1.95. The smallest absolute Gasteiger partial charge is 0.410 e. The molecule has 1 saturated heterocycles. The van der Waals surface area contributed by atoms with E-state index in [0.717, 1.165) is 13.1 Å². The van der Waals surface area contributed by atoms with Gasteiger partial charge in [-0.1, -0.05) is 30.3 Å². The van der Waals surface area contributed by atoms with E-state index >= 15 is 0 Å². The monoisotopic (exact) mass is 305 g/mol. The van der Waals surface area contributed by atoms with Crippen molar-refractivity contribution in [2.75, 3.05) is 26.2 Å². The first kappa shape index (κ1) is 16.8. The van der Waals surface area contributed by atoms with E-state index in [2.05, 4.69) is 17.0 Å². The van der Waals surface area contributed by atoms with E-state index in [9.17, 15) is 4.79 Å². The maximum absolute atomic E-state index is 12.2. The minimum Gasteiger partial charge on any atom is -0.444 e. The second-order valence-electron chi connectivity index (χ2n) is 6.77. The summed E-state index contributed by atoms with van der Waals surface area (Å²) in [4.78, 5) is 16.3. The highest BCUT2D eigenvalue weighted by atomic mass is 16.6. The minimum atomic E-state index is -0.462. The maximum atomic E-state index is 12.2. The highest BCUT2D eigenvalue weighted by Gasteiger charge is 2.31. The standard InChI is InChI=1S/C17H27N3O2/c1-17(2,3)22-16(21)20-10-9-19(15(11-18)13-20)12-14-7-5-4-6-8-14/h4-8,15H,9-13,18H2,1-3H3. The molecule has 0 radical (unpaired) electrons. The van der Waals surface area contributed by atoms with Crippen LogP contribution < -0.4 is 5.73 Å². The molecule has 1 amide bonds. The van der Waals surface area contributed by atoms with Crippen LogP contribution >= 0.6 is 0 Å². The van der Waals surface area contributed by atoms with Crippen molar-refractivity contribution in [3.05, 3.63) is 35.9 Å². The summed E-state index contributed by atoms with van der Waals surface area (Å²) in [5.74, 6) is 0. The van der Waals surface area contributed by atoms with Crippen LogP contribution in [-0.4, -0.2) is 53.7 Å². The molecule has 0 aromatic heterocycles. The third-order valence-electron chi connectivity index (χ3n) is 3.76. The van der Waals surface area contributed by atoms with Crippen LogP contribution in [0.4, 0.5) is 4.79 Å². The van der Waals surface area contributed by atoms with Crippen LogP contribution in [0.1, 0.15) is 26.3 Å². The molecule has 5 heteroatoms. The van der Waals surface area contributed by atoms with E-state index in [4.69, 9.17) is 10.5 Å². The third-order valence-corrected chi connectivity index (χ3v) is 3.76. The summed E-state index contributed by atoms with van der Waals surface area (Å²) in [5, 5.41) is 0. The maximum Gasteiger partial charge on any atom is 0.410 e. The van der Waals surface area contributed by atoms with Gasteiger partial charge in [0.1, 0.15) is 5.60 Å². The Bertz CT molecular complexity index is 484. The number of amides is 1. The summed E-state index contributed by atoms with van der Waals surface area (Å²) >= 11 is 0. The lowest BCUT2D eigenvalue weighted by Crippen LogP contribution is -2.57. The third kappa shape index (κ3) is 4.71. The fourth-order valence-electron chi connectivity index (χ4n) is 2.63. The molecule has 0 bridgehead atoms. The average Bonchev–Trinajstić information content (AvgIpc) is 2.47. The first-order valence-corrected chi connectivity index (χ1v) is 7.85. The van der Waals surface area contributed by atoms with Gasteiger partial charge in [-0.2, -0.15) is 0 Å². The molecule has 1 unspecified atom stereocenters. The number of ether oxygens (including phenoxy) is 1. The van der Waals surface area contributed by atoms with Crippen LogP contribution in [0, 0.1) is 0 Å². The number of hydrogen-bond donors (Lipinski definition) is 1. The van der Waals surface area contributed by atoms with Crippen molar-refractivity contribution in [3.8, 4) is 0 Å². The normalized spacial score (nSPS) is 20.0. The Morgan fingerprint density at radius 2 is 1.95 bits per heavy atom. The fourth-order valence-corrected chi connectivity index (χ4v) is 2.63. The van der Waals surface area contributed by atoms with Crippen LogP contribution in [0.15, 0.2) is 30.3 Å². The molecule has 5 nitrogen and oxygen atoms in total. The molecule has 1 aliphatic rings. The van der Waals surface area contributed by atoms with Gasteiger partial charge >= 0.3 is 6.09 Å². The van der Waals surface area contributed by atoms with Gasteiger partial charge in [0.05, 0.1) is 0 Å². The van der Waals surface area contributed by atoms with Gasteiger partial charge in [-0.25, -0.2) is 4.79 Å². The molecule has 1 aliphatic heterocycles. The van der Waals surface area contributed by atoms with Gasteiger partial charge < -0.3 is 15.4 Å². The van der Waals surface area contributed by atoms with E-state index in [1.807, 2.05) is 39.0 Å². The second-order valence-corrected chi connectivity index (χ2v) is 6.77. The molecule has 2 N–H and O–H groups in total. The van der Waals surface area contributed by atoms with E-state index in [-0.39, 0.29) is 12.1 Å². The van der Waals surface area contributed by atoms with E-state index < -0.39 is 5.60 Å². The predicted octanol–water partition coefficient (Wildman–Crippen LogP) is 2.07. The van der Waals surface area contributed by atoms with E-state index in [0.29, 0.717) is 19.6 Å². The number of rotatable bonds is 3. The summed E-state index contributed by atoms with van der Waals surface area (Å²) in [5.41, 5.74) is 6.72. The van der Waals surface area contributed by atoms with Gasteiger partial charge in [0.25, 0.3) is 0 Å². The van der Waals surface area contributed by atoms with Crippen molar-refractivity contribution in [1.82, 2.24) is 9.80 Å². The summed E-state index contributed by atoms with van der Waals surface area (Å²) in [7, 11) is 0. The highest BCUT2D eigenvalue weighted by molar-refractivity contribution is 5.68. The number of carbonyl (C=O) groups excluding carboxylic acids is 1. The molecule has 22 heavy (non-hydrogen) atoms. The molecular weight excluding hydrogens is 278 g/mol. The van der Waals surface area contributed by atoms with Crippen LogP contribution in [-0.2, 0) is 11.3 Å². The number of nitrogens with zero attached hydrogens (tertiary/aromatic N) is 2. The lowest BCUT2D eigenvalue weighted by atomic mass is 10.1. The lowest BCUT2D eigenvalue weighted by Gasteiger charge is -2.41. The van der Waals surface area contributed by atoms with Crippen molar-refractivity contribution >= 4 is 6.09 Å². The summed E-state index contributed by atoms with van der Waals surface area (Å²) < 4.78 is 5.45. The van der Waals surface area contributed by atoms with Crippen LogP contribution in [0.25, 0.3) is 0 Å². The topological polar surface area (TPSA) is 58.8 Å². The molecule has 1 aromatic carbocycles. The van der Waals surface area contributed by atoms with Crippen molar-refractivity contribution in [2.45, 2.75) is 39.0 Å². The number of piperazine rings is 1. The molecule has 2 rings (SSSR count). The molecule has 0 saturated carbocycles. The first-order chi connectivity index (χ1) is 10.4. The molecule has 1 atom stereocenters. The van der Waals surface area contributed by atoms with Crippen LogP contribution in [0.5, 0.6) is 0 Å².